The lowest BCUT2D eigenvalue weighted by Crippen LogP contribution is -2.37. The maximum Gasteiger partial charge on any atom is 0.260 e. The fourth-order valence-corrected chi connectivity index (χ4v) is 4.13. The predicted molar refractivity (Wildman–Crippen MR) is 120 cm³/mol. The van der Waals surface area contributed by atoms with Crippen molar-refractivity contribution in [1.29, 1.82) is 0 Å². The van der Waals surface area contributed by atoms with Gasteiger partial charge in [0.2, 0.25) is 0 Å². The van der Waals surface area contributed by atoms with E-state index in [2.05, 4.69) is 5.32 Å². The van der Waals surface area contributed by atoms with Crippen molar-refractivity contribution in [3.63, 3.8) is 0 Å². The molecule has 0 radical (unpaired) electrons. The highest BCUT2D eigenvalue weighted by molar-refractivity contribution is 7.98. The summed E-state index contributed by atoms with van der Waals surface area (Å²) in [7, 11) is 0. The van der Waals surface area contributed by atoms with E-state index in [1.807, 2.05) is 54.6 Å². The van der Waals surface area contributed by atoms with Crippen molar-refractivity contribution in [3.05, 3.63) is 76.3 Å². The number of ether oxygens (including phenoxy) is 1. The molecule has 1 N–H and O–H groups in total. The number of halogens is 2. The number of thioether (sulfide) groups is 1. The molecule has 3 aromatic carbocycles. The van der Waals surface area contributed by atoms with Crippen molar-refractivity contribution in [2.24, 2.45) is 0 Å². The molecule has 0 aliphatic carbocycles. The molecule has 6 heteroatoms. The van der Waals surface area contributed by atoms with Gasteiger partial charge >= 0.3 is 0 Å². The predicted octanol–water partition coefficient (Wildman–Crippen LogP) is 5.96. The molecule has 0 spiro atoms. The number of carbonyl (C=O) groups is 1. The average Bonchev–Trinajstić information content (AvgIpc) is 2.69. The van der Waals surface area contributed by atoms with Crippen molar-refractivity contribution in [2.45, 2.75) is 18.8 Å². The molecule has 0 saturated carbocycles. The van der Waals surface area contributed by atoms with Crippen LogP contribution >= 0.6 is 35.0 Å². The van der Waals surface area contributed by atoms with Gasteiger partial charge in [-0.1, -0.05) is 59.6 Å². The van der Waals surface area contributed by atoms with Crippen molar-refractivity contribution >= 4 is 51.6 Å². The lowest BCUT2D eigenvalue weighted by atomic mass is 10.1. The Morgan fingerprint density at radius 3 is 2.64 bits per heavy atom. The largest absolute Gasteiger partial charge is 0.481 e. The summed E-state index contributed by atoms with van der Waals surface area (Å²) in [5, 5.41) is 6.44. The molecule has 0 saturated heterocycles. The van der Waals surface area contributed by atoms with Crippen LogP contribution in [-0.2, 0) is 10.5 Å². The minimum absolute atomic E-state index is 0.127. The summed E-state index contributed by atoms with van der Waals surface area (Å²) in [5.41, 5.74) is 1.04. The first kappa shape index (κ1) is 20.8. The molecule has 146 valence electrons. The summed E-state index contributed by atoms with van der Waals surface area (Å²) in [6.45, 7) is 2.32. The van der Waals surface area contributed by atoms with Gasteiger partial charge in [-0.2, -0.15) is 11.8 Å². The van der Waals surface area contributed by atoms with Crippen LogP contribution in [0.5, 0.6) is 5.75 Å². The fourth-order valence-electron chi connectivity index (χ4n) is 2.71. The number of nitrogens with one attached hydrogen (secondary N) is 1. The normalized spacial score (nSPS) is 12.0. The van der Waals surface area contributed by atoms with E-state index >= 15 is 0 Å². The lowest BCUT2D eigenvalue weighted by molar-refractivity contribution is -0.127. The van der Waals surface area contributed by atoms with Gasteiger partial charge in [-0.25, -0.2) is 0 Å². The molecule has 0 aliphatic rings. The summed E-state index contributed by atoms with van der Waals surface area (Å²) < 4.78 is 5.79. The Balaban J connectivity index is 1.41. The number of amides is 1. The molecule has 0 aromatic heterocycles. The monoisotopic (exact) mass is 433 g/mol. The molecular weight excluding hydrogens is 413 g/mol. The van der Waals surface area contributed by atoms with E-state index in [1.54, 1.807) is 24.8 Å². The fraction of sp³-hybridized carbons (Fsp3) is 0.227. The Kier molecular flexibility index (Phi) is 7.49. The molecule has 3 aromatic rings. The summed E-state index contributed by atoms with van der Waals surface area (Å²) in [6, 6.07) is 19.4. The minimum atomic E-state index is -0.558. The topological polar surface area (TPSA) is 38.3 Å². The third-order valence-corrected chi connectivity index (χ3v) is 5.82. The maximum absolute atomic E-state index is 12.3. The van der Waals surface area contributed by atoms with Crippen molar-refractivity contribution < 1.29 is 9.53 Å². The number of hydrogen-bond donors (Lipinski definition) is 1. The van der Waals surface area contributed by atoms with E-state index in [9.17, 15) is 4.79 Å². The summed E-state index contributed by atoms with van der Waals surface area (Å²) >= 11 is 13.8. The Bertz CT molecular complexity index is 964. The van der Waals surface area contributed by atoms with E-state index in [0.29, 0.717) is 22.3 Å². The zero-order valence-electron chi connectivity index (χ0n) is 15.5. The van der Waals surface area contributed by atoms with Gasteiger partial charge in [-0.15, -0.1) is 0 Å². The Morgan fingerprint density at radius 2 is 1.86 bits per heavy atom. The van der Waals surface area contributed by atoms with Gasteiger partial charge in [0.25, 0.3) is 5.91 Å². The standard InChI is InChI=1S/C22H21Cl2NO2S/c1-15(27-20-9-7-16-4-2-3-5-17(16)12-20)22(26)25-10-11-28-14-18-6-8-19(23)13-21(18)24/h2-9,12-13,15H,10-11,14H2,1H3,(H,25,26)/t15-/m1/s1. The molecule has 1 amide bonds. The van der Waals surface area contributed by atoms with E-state index in [1.165, 1.54) is 0 Å². The smallest absolute Gasteiger partial charge is 0.260 e. The molecule has 0 aliphatic heterocycles. The molecule has 3 nitrogen and oxygen atoms in total. The Morgan fingerprint density at radius 1 is 1.07 bits per heavy atom. The van der Waals surface area contributed by atoms with Crippen LogP contribution in [0.25, 0.3) is 10.8 Å². The van der Waals surface area contributed by atoms with Crippen LogP contribution in [0.4, 0.5) is 0 Å². The number of rotatable bonds is 8. The number of carbonyl (C=O) groups excluding carboxylic acids is 1. The van der Waals surface area contributed by atoms with Crippen molar-refractivity contribution in [2.75, 3.05) is 12.3 Å². The molecule has 0 unspecified atom stereocenters. The summed E-state index contributed by atoms with van der Waals surface area (Å²) in [6.07, 6.45) is -0.558. The quantitative estimate of drug-likeness (QED) is 0.445. The van der Waals surface area contributed by atoms with E-state index in [-0.39, 0.29) is 5.91 Å². The Labute approximate surface area is 179 Å². The van der Waals surface area contributed by atoms with E-state index in [4.69, 9.17) is 27.9 Å². The van der Waals surface area contributed by atoms with Gasteiger partial charge in [-0.3, -0.25) is 4.79 Å². The number of hydrogen-bond acceptors (Lipinski definition) is 3. The minimum Gasteiger partial charge on any atom is -0.481 e. The van der Waals surface area contributed by atoms with Crippen molar-refractivity contribution in [1.82, 2.24) is 5.32 Å². The maximum atomic E-state index is 12.3. The molecular formula is C22H21Cl2NO2S. The van der Waals surface area contributed by atoms with Gasteiger partial charge in [0.1, 0.15) is 5.75 Å². The van der Waals surface area contributed by atoms with Crippen LogP contribution in [0.1, 0.15) is 12.5 Å². The highest BCUT2D eigenvalue weighted by atomic mass is 35.5. The van der Waals surface area contributed by atoms with Crippen LogP contribution in [0, 0.1) is 0 Å². The molecule has 28 heavy (non-hydrogen) atoms. The zero-order chi connectivity index (χ0) is 19.9. The average molecular weight is 434 g/mol. The van der Waals surface area contributed by atoms with Crippen LogP contribution < -0.4 is 10.1 Å². The van der Waals surface area contributed by atoms with Crippen molar-refractivity contribution in [3.8, 4) is 5.75 Å². The van der Waals surface area contributed by atoms with Crippen LogP contribution in [0.2, 0.25) is 10.0 Å². The first-order valence-electron chi connectivity index (χ1n) is 8.98. The third kappa shape index (κ3) is 5.81. The highest BCUT2D eigenvalue weighted by Gasteiger charge is 2.14. The lowest BCUT2D eigenvalue weighted by Gasteiger charge is -2.15. The second kappa shape index (κ2) is 10.1. The third-order valence-electron chi connectivity index (χ3n) is 4.22. The van der Waals surface area contributed by atoms with Gasteiger partial charge in [-0.05, 0) is 47.5 Å². The van der Waals surface area contributed by atoms with Gasteiger partial charge in [0.05, 0.1) is 0 Å². The van der Waals surface area contributed by atoms with Crippen LogP contribution in [-0.4, -0.2) is 24.3 Å². The Hall–Kier alpha value is -1.88. The number of benzene rings is 3. The van der Waals surface area contributed by atoms with Crippen LogP contribution in [0.15, 0.2) is 60.7 Å². The SMILES string of the molecule is C[C@@H](Oc1ccc2ccccc2c1)C(=O)NCCSCc1ccc(Cl)cc1Cl. The molecule has 1 atom stereocenters. The second-order valence-electron chi connectivity index (χ2n) is 6.35. The first-order chi connectivity index (χ1) is 13.5. The molecule has 0 fully saturated rings. The molecule has 3 rings (SSSR count). The first-order valence-corrected chi connectivity index (χ1v) is 10.9. The van der Waals surface area contributed by atoms with Gasteiger partial charge < -0.3 is 10.1 Å². The summed E-state index contributed by atoms with van der Waals surface area (Å²) in [5.74, 6) is 2.12. The zero-order valence-corrected chi connectivity index (χ0v) is 17.8. The number of fused-ring (bicyclic) bond motifs is 1. The highest BCUT2D eigenvalue weighted by Crippen LogP contribution is 2.24. The van der Waals surface area contributed by atoms with E-state index in [0.717, 1.165) is 27.8 Å². The molecule has 0 heterocycles. The summed E-state index contributed by atoms with van der Waals surface area (Å²) in [4.78, 5) is 12.3. The van der Waals surface area contributed by atoms with Gasteiger partial charge in [0.15, 0.2) is 6.10 Å². The van der Waals surface area contributed by atoms with E-state index < -0.39 is 6.10 Å². The molecule has 0 bridgehead atoms. The van der Waals surface area contributed by atoms with Crippen LogP contribution in [0.3, 0.4) is 0 Å². The second-order valence-corrected chi connectivity index (χ2v) is 8.30. The van der Waals surface area contributed by atoms with Gasteiger partial charge in [0, 0.05) is 28.1 Å².